The van der Waals surface area contributed by atoms with Gasteiger partial charge in [-0.2, -0.15) is 0 Å². The molecule has 0 spiro atoms. The van der Waals surface area contributed by atoms with Crippen molar-refractivity contribution >= 4 is 35.4 Å². The van der Waals surface area contributed by atoms with E-state index < -0.39 is 67.3 Å². The Balaban J connectivity index is 1.93. The summed E-state index contributed by atoms with van der Waals surface area (Å²) in [5.74, 6) is -2.37. The summed E-state index contributed by atoms with van der Waals surface area (Å²) < 4.78 is 55.0. The van der Waals surface area contributed by atoms with E-state index in [1.54, 1.807) is 39.0 Å². The Labute approximate surface area is 383 Å². The minimum atomic E-state index is -1.37. The van der Waals surface area contributed by atoms with Crippen molar-refractivity contribution in [3.63, 3.8) is 0 Å². The Kier molecular flexibility index (Phi) is 23.9. The first-order valence-electron chi connectivity index (χ1n) is 22.8. The Morgan fingerprint density at radius 1 is 0.677 bits per heavy atom. The van der Waals surface area contributed by atoms with Gasteiger partial charge in [-0.1, -0.05) is 77.8 Å². The van der Waals surface area contributed by atoms with E-state index in [-0.39, 0.29) is 62.8 Å². The molecule has 1 saturated carbocycles. The molecule has 0 saturated heterocycles. The van der Waals surface area contributed by atoms with E-state index in [2.05, 4.69) is 20.1 Å². The number of halogens is 1. The fraction of sp³-hybridized carbons (Fsp3) is 0.569. The lowest BCUT2D eigenvalue weighted by Gasteiger charge is -2.33. The third-order valence-electron chi connectivity index (χ3n) is 11.2. The third kappa shape index (κ3) is 19.4. The second-order valence-corrected chi connectivity index (χ2v) is 17.0. The Bertz CT molecular complexity index is 1890. The van der Waals surface area contributed by atoms with Gasteiger partial charge in [0.2, 0.25) is 0 Å². The van der Waals surface area contributed by atoms with Gasteiger partial charge in [-0.3, -0.25) is 19.2 Å². The lowest BCUT2D eigenvalue weighted by molar-refractivity contribution is -0.154. The topological polar surface area (TPSA) is 167 Å². The highest BCUT2D eigenvalue weighted by Crippen LogP contribution is 2.39. The molecule has 13 nitrogen and oxygen atoms in total. The van der Waals surface area contributed by atoms with Crippen molar-refractivity contribution in [1.29, 1.82) is 0 Å². The molecule has 3 rings (SSSR count). The number of hydrogen-bond donors (Lipinski definition) is 0. The van der Waals surface area contributed by atoms with Gasteiger partial charge in [0.05, 0.1) is 25.2 Å². The zero-order chi connectivity index (χ0) is 47.8. The minimum Gasteiger partial charge on any atom is -0.492 e. The van der Waals surface area contributed by atoms with Crippen LogP contribution in [0.1, 0.15) is 122 Å². The summed E-state index contributed by atoms with van der Waals surface area (Å²) in [6.07, 6.45) is 10.3. The van der Waals surface area contributed by atoms with Crippen LogP contribution < -0.4 is 4.74 Å². The maximum absolute atomic E-state index is 16.1. The number of ketones is 2. The highest BCUT2D eigenvalue weighted by Gasteiger charge is 2.36. The zero-order valence-electron chi connectivity index (χ0n) is 39.1. The van der Waals surface area contributed by atoms with Gasteiger partial charge < -0.3 is 33.2 Å². The molecule has 2 aromatic carbocycles. The summed E-state index contributed by atoms with van der Waals surface area (Å²) in [5.41, 5.74) is 1.67. The van der Waals surface area contributed by atoms with Gasteiger partial charge in [0.1, 0.15) is 38.0 Å². The molecule has 0 bridgehead atoms. The van der Waals surface area contributed by atoms with Crippen LogP contribution in [0, 0.1) is 17.2 Å². The number of carbonyl (C=O) groups is 6. The van der Waals surface area contributed by atoms with Crippen LogP contribution in [0.2, 0.25) is 0 Å². The molecule has 358 valence electrons. The predicted octanol–water partition coefficient (Wildman–Crippen LogP) is 8.96. The Morgan fingerprint density at radius 3 is 1.83 bits per heavy atom. The van der Waals surface area contributed by atoms with Gasteiger partial charge in [0, 0.05) is 29.6 Å². The van der Waals surface area contributed by atoms with Crippen molar-refractivity contribution in [2.45, 2.75) is 118 Å². The summed E-state index contributed by atoms with van der Waals surface area (Å²) in [7, 11) is 0. The molecule has 1 fully saturated rings. The van der Waals surface area contributed by atoms with E-state index in [1.807, 2.05) is 18.2 Å². The molecule has 0 aromatic heterocycles. The number of aryl methyl sites for hydroxylation is 1. The zero-order valence-corrected chi connectivity index (χ0v) is 39.1. The molecule has 0 amide bonds. The lowest BCUT2D eigenvalue weighted by Crippen LogP contribution is -2.44. The smallest absolute Gasteiger partial charge is 0.333 e. The second kappa shape index (κ2) is 28.6. The van der Waals surface area contributed by atoms with Crippen LogP contribution >= 0.6 is 0 Å². The quantitative estimate of drug-likeness (QED) is 0.0305. The maximum atomic E-state index is 16.1. The highest BCUT2D eigenvalue weighted by atomic mass is 19.1. The number of esters is 4. The molecule has 1 aliphatic carbocycles. The van der Waals surface area contributed by atoms with Crippen molar-refractivity contribution in [2.75, 3.05) is 59.5 Å². The molecule has 1 aliphatic rings. The highest BCUT2D eigenvalue weighted by molar-refractivity contribution is 5.87. The van der Waals surface area contributed by atoms with E-state index in [0.29, 0.717) is 41.2 Å². The molecule has 14 heteroatoms. The van der Waals surface area contributed by atoms with E-state index >= 15 is 4.39 Å². The van der Waals surface area contributed by atoms with E-state index in [1.165, 1.54) is 32.6 Å². The Hall–Kier alpha value is -5.21. The van der Waals surface area contributed by atoms with Crippen molar-refractivity contribution in [3.8, 4) is 16.9 Å². The average molecular weight is 909 g/mol. The molecule has 0 N–H and O–H groups in total. The first-order valence-corrected chi connectivity index (χ1v) is 22.8. The van der Waals surface area contributed by atoms with Crippen molar-refractivity contribution in [3.05, 3.63) is 77.6 Å². The lowest BCUT2D eigenvalue weighted by atomic mass is 9.77. The van der Waals surface area contributed by atoms with Crippen LogP contribution in [-0.2, 0) is 63.6 Å². The normalized spacial score (nSPS) is 14.8. The number of hydrogen-bond acceptors (Lipinski definition) is 13. The standard InChI is InChI=1S/C51H69FO13/c1-8-11-12-14-37-16-18-38(19-17-37)39-20-22-44(45(52)26-39)40-21-23-46(41(25-40)15-13-24-61-49(57)35(4)5)64-33-51(34-65-50(58)36(6)7,31-59-27-42(53)29-62-47(55)9-2)32-60-28-43(54)30-63-48(56)10-3/h20-23,25-26,37-38H,4,6,8-19,24,27-34H2,1-3,5,7H3. The van der Waals surface area contributed by atoms with E-state index in [9.17, 15) is 28.8 Å². The van der Waals surface area contributed by atoms with Crippen molar-refractivity contribution in [1.82, 2.24) is 0 Å². The summed E-state index contributed by atoms with van der Waals surface area (Å²) >= 11 is 0. The van der Waals surface area contributed by atoms with Gasteiger partial charge in [0.15, 0.2) is 24.8 Å². The van der Waals surface area contributed by atoms with Crippen LogP contribution in [0.4, 0.5) is 4.39 Å². The van der Waals surface area contributed by atoms with Gasteiger partial charge in [-0.05, 0) is 99.1 Å². The SMILES string of the molecule is C=C(C)C(=O)OCCCc1cc(-c2ccc(C3CCC(CCCCC)CC3)cc2F)ccc1OCC(COCC(=O)COC(=O)CC)(COCC(=O)COC(=O)CC)COC(=O)C(=C)C. The number of rotatable bonds is 31. The number of benzene rings is 2. The molecule has 0 heterocycles. The summed E-state index contributed by atoms with van der Waals surface area (Å²) in [6, 6.07) is 10.7. The number of carbonyl (C=O) groups excluding carboxylic acids is 6. The van der Waals surface area contributed by atoms with Crippen molar-refractivity contribution in [2.24, 2.45) is 11.3 Å². The molecule has 0 unspecified atom stereocenters. The number of Topliss-reactive ketones (excluding diaryl/α,β-unsaturated/α-hetero) is 2. The first-order chi connectivity index (χ1) is 31.1. The summed E-state index contributed by atoms with van der Waals surface area (Å²) in [5, 5.41) is 0. The molecular weight excluding hydrogens is 840 g/mol. The molecular formula is C51H69FO13. The van der Waals surface area contributed by atoms with Crippen LogP contribution in [0.3, 0.4) is 0 Å². The van der Waals surface area contributed by atoms with Crippen LogP contribution in [0.15, 0.2) is 60.7 Å². The molecule has 65 heavy (non-hydrogen) atoms. The van der Waals surface area contributed by atoms with Gasteiger partial charge in [0.25, 0.3) is 0 Å². The first kappa shape index (κ1) is 54.1. The van der Waals surface area contributed by atoms with E-state index in [0.717, 1.165) is 37.2 Å². The monoisotopic (exact) mass is 908 g/mol. The number of unbranched alkanes of at least 4 members (excludes halogenated alkanes) is 2. The molecule has 0 atom stereocenters. The largest absolute Gasteiger partial charge is 0.492 e. The van der Waals surface area contributed by atoms with Gasteiger partial charge in [-0.15, -0.1) is 0 Å². The minimum absolute atomic E-state index is 0.0743. The number of ether oxygens (including phenoxy) is 7. The van der Waals surface area contributed by atoms with E-state index in [4.69, 9.17) is 33.2 Å². The van der Waals surface area contributed by atoms with Crippen molar-refractivity contribution < 1.29 is 66.3 Å². The predicted molar refractivity (Wildman–Crippen MR) is 243 cm³/mol. The van der Waals surface area contributed by atoms with Crippen LogP contribution in [0.5, 0.6) is 5.75 Å². The third-order valence-corrected chi connectivity index (χ3v) is 11.2. The molecule has 0 radical (unpaired) electrons. The second-order valence-electron chi connectivity index (χ2n) is 17.0. The maximum Gasteiger partial charge on any atom is 0.333 e. The van der Waals surface area contributed by atoms with Gasteiger partial charge >= 0.3 is 23.9 Å². The molecule has 0 aliphatic heterocycles. The summed E-state index contributed by atoms with van der Waals surface area (Å²) in [6.45, 7) is 12.6. The van der Waals surface area contributed by atoms with Crippen LogP contribution in [0.25, 0.3) is 11.1 Å². The average Bonchev–Trinajstić information content (AvgIpc) is 3.29. The van der Waals surface area contributed by atoms with Gasteiger partial charge in [-0.25, -0.2) is 14.0 Å². The Morgan fingerprint density at radius 2 is 1.28 bits per heavy atom. The summed E-state index contributed by atoms with van der Waals surface area (Å²) in [4.78, 5) is 73.4. The fourth-order valence-corrected chi connectivity index (χ4v) is 7.32. The van der Waals surface area contributed by atoms with Crippen LogP contribution in [-0.4, -0.2) is 94.9 Å². The molecule has 2 aromatic rings. The fourth-order valence-electron chi connectivity index (χ4n) is 7.32.